The summed E-state index contributed by atoms with van der Waals surface area (Å²) in [7, 11) is -2.07. The summed E-state index contributed by atoms with van der Waals surface area (Å²) in [5.74, 6) is -1.07. The molecule has 1 aromatic heterocycles. The highest BCUT2D eigenvalue weighted by atomic mass is 32.2. The van der Waals surface area contributed by atoms with Crippen LogP contribution >= 0.6 is 11.3 Å². The summed E-state index contributed by atoms with van der Waals surface area (Å²) in [6, 6.07) is 8.96. The van der Waals surface area contributed by atoms with Gasteiger partial charge in [0.2, 0.25) is 10.0 Å². The molecule has 0 unspecified atom stereocenters. The Kier molecular flexibility index (Phi) is 6.52. The van der Waals surface area contributed by atoms with Gasteiger partial charge in [-0.3, -0.25) is 4.79 Å². The number of amides is 1. The molecule has 0 bridgehead atoms. The largest absolute Gasteiger partial charge is 0.451 e. The van der Waals surface area contributed by atoms with Crippen molar-refractivity contribution < 1.29 is 22.7 Å². The van der Waals surface area contributed by atoms with E-state index in [1.54, 1.807) is 31.4 Å². The molecular formula is C17H20N2O5S2. The van der Waals surface area contributed by atoms with Crippen LogP contribution in [0.1, 0.15) is 23.5 Å². The van der Waals surface area contributed by atoms with E-state index in [-0.39, 0.29) is 10.9 Å². The Balaban J connectivity index is 1.94. The molecule has 1 N–H and O–H groups in total. The molecule has 1 aromatic carbocycles. The third kappa shape index (κ3) is 4.90. The van der Waals surface area contributed by atoms with Crippen molar-refractivity contribution in [1.82, 2.24) is 4.31 Å². The number of sulfonamides is 1. The van der Waals surface area contributed by atoms with Crippen molar-refractivity contribution >= 4 is 38.9 Å². The number of ether oxygens (including phenoxy) is 1. The van der Waals surface area contributed by atoms with Crippen LogP contribution in [-0.2, 0) is 19.6 Å². The van der Waals surface area contributed by atoms with Crippen LogP contribution in [-0.4, -0.2) is 44.3 Å². The second kappa shape index (κ2) is 8.43. The van der Waals surface area contributed by atoms with Gasteiger partial charge >= 0.3 is 5.97 Å². The fourth-order valence-corrected chi connectivity index (χ4v) is 3.93. The smallest absolute Gasteiger partial charge is 0.348 e. The van der Waals surface area contributed by atoms with Crippen LogP contribution in [0.25, 0.3) is 0 Å². The second-order valence-corrected chi connectivity index (χ2v) is 8.69. The number of rotatable bonds is 7. The van der Waals surface area contributed by atoms with Crippen LogP contribution < -0.4 is 5.32 Å². The SMILES string of the molecule is CC(C)N(C)S(=O)(=O)c1ccc(NC(=O)COC(=O)c2cccs2)cc1. The normalized spacial score (nSPS) is 11.6. The maximum Gasteiger partial charge on any atom is 0.348 e. The van der Waals surface area contributed by atoms with Crippen LogP contribution in [0.15, 0.2) is 46.7 Å². The Hall–Kier alpha value is -2.23. The molecule has 0 spiro atoms. The lowest BCUT2D eigenvalue weighted by molar-refractivity contribution is -0.119. The predicted octanol–water partition coefficient (Wildman–Crippen LogP) is 2.57. The monoisotopic (exact) mass is 396 g/mol. The van der Waals surface area contributed by atoms with E-state index < -0.39 is 28.5 Å². The highest BCUT2D eigenvalue weighted by Crippen LogP contribution is 2.19. The van der Waals surface area contributed by atoms with Crippen molar-refractivity contribution in [3.8, 4) is 0 Å². The molecule has 1 heterocycles. The average Bonchev–Trinajstić information content (AvgIpc) is 3.14. The third-order valence-electron chi connectivity index (χ3n) is 3.60. The second-order valence-electron chi connectivity index (χ2n) is 5.74. The fourth-order valence-electron chi connectivity index (χ4n) is 1.95. The Labute approximate surface area is 156 Å². The Morgan fingerprint density at radius 2 is 1.85 bits per heavy atom. The first-order valence-electron chi connectivity index (χ1n) is 7.80. The lowest BCUT2D eigenvalue weighted by Crippen LogP contribution is -2.33. The molecule has 0 aliphatic rings. The van der Waals surface area contributed by atoms with E-state index in [9.17, 15) is 18.0 Å². The zero-order chi connectivity index (χ0) is 19.3. The quantitative estimate of drug-likeness (QED) is 0.726. The standard InChI is InChI=1S/C17H20N2O5S2/c1-12(2)19(3)26(22,23)14-8-6-13(7-9-14)18-16(20)11-24-17(21)15-5-4-10-25-15/h4-10,12H,11H2,1-3H3,(H,18,20). The van der Waals surface area contributed by atoms with Gasteiger partial charge in [0.25, 0.3) is 5.91 Å². The van der Waals surface area contributed by atoms with Crippen molar-refractivity contribution in [3.63, 3.8) is 0 Å². The molecular weight excluding hydrogens is 376 g/mol. The van der Waals surface area contributed by atoms with Crippen molar-refractivity contribution in [2.75, 3.05) is 19.0 Å². The van der Waals surface area contributed by atoms with E-state index in [1.165, 1.54) is 47.0 Å². The molecule has 2 rings (SSSR count). The third-order valence-corrected chi connectivity index (χ3v) is 6.50. The minimum atomic E-state index is -3.58. The predicted molar refractivity (Wildman–Crippen MR) is 99.8 cm³/mol. The first-order valence-corrected chi connectivity index (χ1v) is 10.1. The fraction of sp³-hybridized carbons (Fsp3) is 0.294. The molecule has 0 saturated carbocycles. The molecule has 7 nitrogen and oxygen atoms in total. The number of esters is 1. The van der Waals surface area contributed by atoms with Crippen LogP contribution in [0.4, 0.5) is 5.69 Å². The Morgan fingerprint density at radius 1 is 1.19 bits per heavy atom. The average molecular weight is 396 g/mol. The van der Waals surface area contributed by atoms with Gasteiger partial charge in [0.15, 0.2) is 6.61 Å². The lowest BCUT2D eigenvalue weighted by Gasteiger charge is -2.21. The number of carbonyl (C=O) groups is 2. The van der Waals surface area contributed by atoms with Gasteiger partial charge in [0.1, 0.15) is 4.88 Å². The Bertz CT molecular complexity index is 859. The van der Waals surface area contributed by atoms with Gasteiger partial charge in [-0.2, -0.15) is 4.31 Å². The molecule has 140 valence electrons. The zero-order valence-electron chi connectivity index (χ0n) is 14.6. The number of hydrogen-bond acceptors (Lipinski definition) is 6. The van der Waals surface area contributed by atoms with Gasteiger partial charge in [0, 0.05) is 18.8 Å². The maximum atomic E-state index is 12.4. The van der Waals surface area contributed by atoms with Crippen LogP contribution in [0.5, 0.6) is 0 Å². The molecule has 26 heavy (non-hydrogen) atoms. The number of hydrogen-bond donors (Lipinski definition) is 1. The van der Waals surface area contributed by atoms with Crippen molar-refractivity contribution in [3.05, 3.63) is 46.7 Å². The van der Waals surface area contributed by atoms with E-state index >= 15 is 0 Å². The minimum Gasteiger partial charge on any atom is -0.451 e. The van der Waals surface area contributed by atoms with Gasteiger partial charge in [-0.1, -0.05) is 6.07 Å². The molecule has 9 heteroatoms. The molecule has 0 atom stereocenters. The van der Waals surface area contributed by atoms with Crippen LogP contribution in [0.2, 0.25) is 0 Å². The van der Waals surface area contributed by atoms with E-state index in [2.05, 4.69) is 5.32 Å². The molecule has 0 fully saturated rings. The van der Waals surface area contributed by atoms with Crippen molar-refractivity contribution in [2.24, 2.45) is 0 Å². The Morgan fingerprint density at radius 3 is 2.38 bits per heavy atom. The highest BCUT2D eigenvalue weighted by Gasteiger charge is 2.22. The van der Waals surface area contributed by atoms with Gasteiger partial charge in [-0.15, -0.1) is 11.3 Å². The van der Waals surface area contributed by atoms with E-state index in [0.29, 0.717) is 10.6 Å². The summed E-state index contributed by atoms with van der Waals surface area (Å²) in [5.41, 5.74) is 0.410. The summed E-state index contributed by atoms with van der Waals surface area (Å²) < 4.78 is 30.9. The van der Waals surface area contributed by atoms with Gasteiger partial charge < -0.3 is 10.1 Å². The topological polar surface area (TPSA) is 92.8 Å². The molecule has 0 radical (unpaired) electrons. The first-order chi connectivity index (χ1) is 12.2. The van der Waals surface area contributed by atoms with Crippen LogP contribution in [0, 0.1) is 0 Å². The number of nitrogens with one attached hydrogen (secondary N) is 1. The van der Waals surface area contributed by atoms with Gasteiger partial charge in [-0.25, -0.2) is 13.2 Å². The van der Waals surface area contributed by atoms with E-state index in [0.717, 1.165) is 0 Å². The van der Waals surface area contributed by atoms with Gasteiger partial charge in [0.05, 0.1) is 4.90 Å². The lowest BCUT2D eigenvalue weighted by atomic mass is 10.3. The number of benzene rings is 1. The van der Waals surface area contributed by atoms with E-state index in [4.69, 9.17) is 4.74 Å². The van der Waals surface area contributed by atoms with Crippen molar-refractivity contribution in [1.29, 1.82) is 0 Å². The minimum absolute atomic E-state index is 0.135. The summed E-state index contributed by atoms with van der Waals surface area (Å²) in [4.78, 5) is 24.1. The summed E-state index contributed by atoms with van der Waals surface area (Å²) >= 11 is 1.23. The number of carbonyl (C=O) groups excluding carboxylic acids is 2. The number of anilines is 1. The summed E-state index contributed by atoms with van der Waals surface area (Å²) in [5, 5.41) is 4.29. The first kappa shape index (κ1) is 20.1. The van der Waals surface area contributed by atoms with Gasteiger partial charge in [-0.05, 0) is 49.6 Å². The molecule has 0 saturated heterocycles. The number of nitrogens with zero attached hydrogens (tertiary/aromatic N) is 1. The molecule has 1 amide bonds. The van der Waals surface area contributed by atoms with Crippen LogP contribution in [0.3, 0.4) is 0 Å². The van der Waals surface area contributed by atoms with E-state index in [1.807, 2.05) is 0 Å². The highest BCUT2D eigenvalue weighted by molar-refractivity contribution is 7.89. The summed E-state index contributed by atoms with van der Waals surface area (Å²) in [6.45, 7) is 3.14. The summed E-state index contributed by atoms with van der Waals surface area (Å²) in [6.07, 6.45) is 0. The molecule has 2 aromatic rings. The number of thiophene rings is 1. The maximum absolute atomic E-state index is 12.4. The zero-order valence-corrected chi connectivity index (χ0v) is 16.3. The molecule has 0 aliphatic carbocycles. The van der Waals surface area contributed by atoms with Crippen molar-refractivity contribution in [2.45, 2.75) is 24.8 Å². The molecule has 0 aliphatic heterocycles.